The largest absolute Gasteiger partial charge is 0.339 e. The molecule has 8 nitrogen and oxygen atoms in total. The van der Waals surface area contributed by atoms with Crippen LogP contribution in [-0.4, -0.2) is 68.0 Å². The number of piperazine rings is 1. The summed E-state index contributed by atoms with van der Waals surface area (Å²) in [5.74, 6) is 0.220. The van der Waals surface area contributed by atoms with E-state index < -0.39 is 0 Å². The lowest BCUT2D eigenvalue weighted by molar-refractivity contribution is -0.134. The average Bonchev–Trinajstić information content (AvgIpc) is 3.38. The summed E-state index contributed by atoms with van der Waals surface area (Å²) in [7, 11) is 0. The molecule has 1 aliphatic carbocycles. The summed E-state index contributed by atoms with van der Waals surface area (Å²) in [5.41, 5.74) is 0.677. The van der Waals surface area contributed by atoms with Gasteiger partial charge < -0.3 is 9.80 Å². The topological polar surface area (TPSA) is 84.2 Å². The molecule has 9 heteroatoms. The summed E-state index contributed by atoms with van der Waals surface area (Å²) in [4.78, 5) is 29.4. The number of aromatic nitrogens is 4. The molecular weight excluding hydrogens is 344 g/mol. The summed E-state index contributed by atoms with van der Waals surface area (Å²) in [6.07, 6.45) is 1.99. The van der Waals surface area contributed by atoms with Crippen molar-refractivity contribution >= 4 is 23.4 Å². The number of carbonyl (C=O) groups excluding carboxylic acids is 2. The van der Waals surface area contributed by atoms with Gasteiger partial charge in [-0.3, -0.25) is 9.59 Å². The fourth-order valence-electron chi connectivity index (χ4n) is 2.84. The zero-order chi connectivity index (χ0) is 17.4. The molecule has 0 bridgehead atoms. The minimum atomic E-state index is -0.265. The molecule has 0 atom stereocenters. The third-order valence-electron chi connectivity index (χ3n) is 4.47. The molecule has 2 aromatic rings. The highest BCUT2D eigenvalue weighted by molar-refractivity contribution is 6.30. The van der Waals surface area contributed by atoms with Crippen LogP contribution in [0.4, 0.5) is 0 Å². The second-order valence-electron chi connectivity index (χ2n) is 6.27. The number of hydrogen-bond donors (Lipinski definition) is 0. The van der Waals surface area contributed by atoms with Gasteiger partial charge in [0, 0.05) is 37.1 Å². The molecule has 130 valence electrons. The van der Waals surface area contributed by atoms with Gasteiger partial charge in [-0.2, -0.15) is 0 Å². The van der Waals surface area contributed by atoms with Crippen molar-refractivity contribution in [2.24, 2.45) is 5.92 Å². The molecule has 1 aromatic carbocycles. The summed E-state index contributed by atoms with van der Waals surface area (Å²) in [5, 5.41) is 12.6. The molecule has 1 aliphatic heterocycles. The second kappa shape index (κ2) is 6.44. The van der Waals surface area contributed by atoms with E-state index in [1.807, 2.05) is 4.90 Å². The molecule has 2 aliphatic rings. The molecule has 25 heavy (non-hydrogen) atoms. The second-order valence-corrected chi connectivity index (χ2v) is 6.71. The third-order valence-corrected chi connectivity index (χ3v) is 4.72. The molecule has 2 heterocycles. The fraction of sp³-hybridized carbons (Fsp3) is 0.438. The average molecular weight is 361 g/mol. The Morgan fingerprint density at radius 2 is 1.64 bits per heavy atom. The van der Waals surface area contributed by atoms with Gasteiger partial charge in [0.05, 0.1) is 5.69 Å². The maximum atomic E-state index is 12.5. The Hall–Kier alpha value is -2.48. The van der Waals surface area contributed by atoms with Crippen LogP contribution < -0.4 is 0 Å². The first-order valence-electron chi connectivity index (χ1n) is 8.26. The van der Waals surface area contributed by atoms with E-state index in [0.29, 0.717) is 36.9 Å². The smallest absolute Gasteiger partial charge is 0.295 e. The first-order chi connectivity index (χ1) is 12.1. The molecule has 2 amide bonds. The molecule has 4 rings (SSSR count). The van der Waals surface area contributed by atoms with Gasteiger partial charge >= 0.3 is 0 Å². The summed E-state index contributed by atoms with van der Waals surface area (Å²) < 4.78 is 0. The Labute approximate surface area is 149 Å². The van der Waals surface area contributed by atoms with E-state index in [1.165, 1.54) is 4.80 Å². The Morgan fingerprint density at radius 1 is 1.00 bits per heavy atom. The van der Waals surface area contributed by atoms with Crippen molar-refractivity contribution in [1.82, 2.24) is 30.0 Å². The third kappa shape index (κ3) is 3.34. The van der Waals surface area contributed by atoms with Crippen molar-refractivity contribution in [2.45, 2.75) is 12.8 Å². The molecule has 1 saturated carbocycles. The van der Waals surface area contributed by atoms with Crippen molar-refractivity contribution in [3.8, 4) is 5.69 Å². The highest BCUT2D eigenvalue weighted by Gasteiger charge is 2.35. The van der Waals surface area contributed by atoms with E-state index in [2.05, 4.69) is 15.4 Å². The lowest BCUT2D eigenvalue weighted by Crippen LogP contribution is -2.51. The van der Waals surface area contributed by atoms with Crippen LogP contribution in [-0.2, 0) is 4.79 Å². The van der Waals surface area contributed by atoms with Crippen LogP contribution in [0.2, 0.25) is 5.02 Å². The van der Waals surface area contributed by atoms with Crippen LogP contribution in [0.25, 0.3) is 5.69 Å². The van der Waals surface area contributed by atoms with E-state index in [-0.39, 0.29) is 23.6 Å². The van der Waals surface area contributed by atoms with Crippen molar-refractivity contribution in [2.75, 3.05) is 26.2 Å². The predicted molar refractivity (Wildman–Crippen MR) is 89.4 cm³/mol. The number of nitrogens with zero attached hydrogens (tertiary/aromatic N) is 6. The monoisotopic (exact) mass is 360 g/mol. The number of tetrazole rings is 1. The van der Waals surface area contributed by atoms with Gasteiger partial charge in [0.15, 0.2) is 0 Å². The summed E-state index contributed by atoms with van der Waals surface area (Å²) >= 11 is 5.86. The van der Waals surface area contributed by atoms with Crippen molar-refractivity contribution in [3.05, 3.63) is 35.1 Å². The normalized spacial score (nSPS) is 17.6. The fourth-order valence-corrected chi connectivity index (χ4v) is 2.97. The van der Waals surface area contributed by atoms with Gasteiger partial charge in [-0.25, -0.2) is 0 Å². The SMILES string of the molecule is O=C(c1nnn(-c2ccc(Cl)cc2)n1)N1CCN(C(=O)C2CC2)CC1. The van der Waals surface area contributed by atoms with Gasteiger partial charge in [0.1, 0.15) is 0 Å². The molecule has 0 N–H and O–H groups in total. The maximum absolute atomic E-state index is 12.5. The number of rotatable bonds is 3. The Balaban J connectivity index is 1.40. The molecule has 1 saturated heterocycles. The molecule has 0 radical (unpaired) electrons. The van der Waals surface area contributed by atoms with Crippen molar-refractivity contribution in [3.63, 3.8) is 0 Å². The maximum Gasteiger partial charge on any atom is 0.295 e. The van der Waals surface area contributed by atoms with Crippen LogP contribution in [0.1, 0.15) is 23.5 Å². The minimum Gasteiger partial charge on any atom is -0.339 e. The van der Waals surface area contributed by atoms with E-state index >= 15 is 0 Å². The zero-order valence-electron chi connectivity index (χ0n) is 13.5. The van der Waals surface area contributed by atoms with Crippen molar-refractivity contribution in [1.29, 1.82) is 0 Å². The number of hydrogen-bond acceptors (Lipinski definition) is 5. The molecule has 0 spiro atoms. The summed E-state index contributed by atoms with van der Waals surface area (Å²) in [6.45, 7) is 2.11. The highest BCUT2D eigenvalue weighted by atomic mass is 35.5. The Kier molecular flexibility index (Phi) is 4.12. The minimum absolute atomic E-state index is 0.0527. The first kappa shape index (κ1) is 16.0. The lowest BCUT2D eigenvalue weighted by atomic mass is 10.2. The molecule has 1 aromatic heterocycles. The number of amides is 2. The van der Waals surface area contributed by atoms with E-state index in [9.17, 15) is 9.59 Å². The van der Waals surface area contributed by atoms with Crippen LogP contribution in [0.5, 0.6) is 0 Å². The van der Waals surface area contributed by atoms with Crippen LogP contribution in [0, 0.1) is 5.92 Å². The molecule has 0 unspecified atom stereocenters. The Bertz CT molecular complexity index is 793. The van der Waals surface area contributed by atoms with Crippen LogP contribution in [0.15, 0.2) is 24.3 Å². The van der Waals surface area contributed by atoms with Crippen LogP contribution in [0.3, 0.4) is 0 Å². The Morgan fingerprint density at radius 3 is 2.28 bits per heavy atom. The lowest BCUT2D eigenvalue weighted by Gasteiger charge is -2.34. The van der Waals surface area contributed by atoms with Crippen molar-refractivity contribution < 1.29 is 9.59 Å². The first-order valence-corrected chi connectivity index (χ1v) is 8.63. The van der Waals surface area contributed by atoms with E-state index in [4.69, 9.17) is 11.6 Å². The highest BCUT2D eigenvalue weighted by Crippen LogP contribution is 2.31. The predicted octanol–water partition coefficient (Wildman–Crippen LogP) is 1.01. The standard InChI is InChI=1S/C16H17ClN6O2/c17-12-3-5-13(6-4-12)23-19-14(18-20-23)16(25)22-9-7-21(8-10-22)15(24)11-1-2-11/h3-6,11H,1-2,7-10H2. The van der Waals surface area contributed by atoms with E-state index in [0.717, 1.165) is 12.8 Å². The van der Waals surface area contributed by atoms with Gasteiger partial charge in [-0.05, 0) is 42.3 Å². The molecule has 2 fully saturated rings. The molecular formula is C16H17ClN6O2. The summed E-state index contributed by atoms with van der Waals surface area (Å²) in [6, 6.07) is 6.94. The van der Waals surface area contributed by atoms with Gasteiger partial charge in [0.2, 0.25) is 5.91 Å². The number of benzene rings is 1. The number of halogens is 1. The van der Waals surface area contributed by atoms with Gasteiger partial charge in [-0.1, -0.05) is 11.6 Å². The zero-order valence-corrected chi connectivity index (χ0v) is 14.3. The quantitative estimate of drug-likeness (QED) is 0.815. The van der Waals surface area contributed by atoms with E-state index in [1.54, 1.807) is 29.2 Å². The van der Waals surface area contributed by atoms with Gasteiger partial charge in [0.25, 0.3) is 11.7 Å². The number of carbonyl (C=O) groups is 2. The van der Waals surface area contributed by atoms with Gasteiger partial charge in [-0.15, -0.1) is 15.0 Å². The van der Waals surface area contributed by atoms with Crippen LogP contribution >= 0.6 is 11.6 Å².